The molecule has 0 N–H and O–H groups in total. The molecule has 2 aromatic carbocycles. The zero-order chi connectivity index (χ0) is 14.0. The lowest BCUT2D eigenvalue weighted by Crippen LogP contribution is -2.04. The fraction of sp³-hybridized carbons (Fsp3) is 0.0714. The molecule has 0 aliphatic heterocycles. The summed E-state index contributed by atoms with van der Waals surface area (Å²) >= 11 is 18.1. The van der Waals surface area contributed by atoms with Gasteiger partial charge >= 0.3 is 0 Å². The van der Waals surface area contributed by atoms with Crippen molar-refractivity contribution in [2.24, 2.45) is 0 Å². The van der Waals surface area contributed by atoms with E-state index < -0.39 is 0 Å². The number of hydrogen-bond acceptors (Lipinski definition) is 2. The molecular formula is C14H9Cl3O2. The summed E-state index contributed by atoms with van der Waals surface area (Å²) in [6.07, 6.45) is 0. The van der Waals surface area contributed by atoms with E-state index in [1.165, 1.54) is 7.11 Å². The maximum Gasteiger partial charge on any atom is 0.197 e. The minimum absolute atomic E-state index is 0.248. The molecule has 0 atom stereocenters. The first-order chi connectivity index (χ1) is 9.04. The predicted molar refractivity (Wildman–Crippen MR) is 77.9 cm³/mol. The molecule has 0 fully saturated rings. The van der Waals surface area contributed by atoms with Gasteiger partial charge in [0.1, 0.15) is 5.75 Å². The van der Waals surface area contributed by atoms with Gasteiger partial charge in [0, 0.05) is 5.56 Å². The number of carbonyl (C=O) groups is 1. The molecule has 2 aromatic rings. The Morgan fingerprint density at radius 2 is 1.63 bits per heavy atom. The quantitative estimate of drug-likeness (QED) is 0.754. The fourth-order valence-corrected chi connectivity index (χ4v) is 2.48. The van der Waals surface area contributed by atoms with Crippen molar-refractivity contribution >= 4 is 40.6 Å². The van der Waals surface area contributed by atoms with E-state index in [2.05, 4.69) is 0 Å². The van der Waals surface area contributed by atoms with Crippen molar-refractivity contribution in [2.45, 2.75) is 0 Å². The molecule has 0 radical (unpaired) electrons. The van der Waals surface area contributed by atoms with Crippen LogP contribution in [0.1, 0.15) is 15.9 Å². The zero-order valence-electron chi connectivity index (χ0n) is 9.91. The van der Waals surface area contributed by atoms with Crippen molar-refractivity contribution in [3.8, 4) is 5.75 Å². The normalized spacial score (nSPS) is 10.3. The minimum atomic E-state index is -0.316. The van der Waals surface area contributed by atoms with Crippen LogP contribution in [-0.2, 0) is 0 Å². The molecule has 2 nitrogen and oxygen atoms in total. The molecule has 0 amide bonds. The van der Waals surface area contributed by atoms with Crippen molar-refractivity contribution < 1.29 is 9.53 Å². The topological polar surface area (TPSA) is 26.3 Å². The highest BCUT2D eigenvalue weighted by Crippen LogP contribution is 2.30. The van der Waals surface area contributed by atoms with Crippen LogP contribution in [0.5, 0.6) is 5.75 Å². The molecular weight excluding hydrogens is 307 g/mol. The van der Waals surface area contributed by atoms with Crippen molar-refractivity contribution in [3.63, 3.8) is 0 Å². The summed E-state index contributed by atoms with van der Waals surface area (Å²) in [5, 5.41) is 0.883. The zero-order valence-corrected chi connectivity index (χ0v) is 12.2. The maximum atomic E-state index is 12.4. The number of ketones is 1. The molecule has 0 unspecified atom stereocenters. The van der Waals surface area contributed by atoms with Gasteiger partial charge in [-0.15, -0.1) is 0 Å². The first kappa shape index (κ1) is 14.2. The second kappa shape index (κ2) is 5.83. The molecule has 98 valence electrons. The molecule has 0 aliphatic carbocycles. The average Bonchev–Trinajstić information content (AvgIpc) is 2.38. The number of ether oxygens (including phenoxy) is 1. The van der Waals surface area contributed by atoms with E-state index in [1.807, 2.05) is 0 Å². The third-order valence-electron chi connectivity index (χ3n) is 2.61. The third kappa shape index (κ3) is 2.86. The summed E-state index contributed by atoms with van der Waals surface area (Å²) in [5.41, 5.74) is 0.579. The first-order valence-electron chi connectivity index (χ1n) is 5.37. The lowest BCUT2D eigenvalue weighted by atomic mass is 10.0. The number of benzene rings is 2. The molecule has 0 heterocycles. The molecule has 0 spiro atoms. The van der Waals surface area contributed by atoms with Gasteiger partial charge in [0.05, 0.1) is 27.7 Å². The number of rotatable bonds is 3. The third-order valence-corrected chi connectivity index (χ3v) is 3.55. The standard InChI is InChI=1S/C14H9Cl3O2/c1-19-8-5-6-9(12(17)7-8)14(18)13-10(15)3-2-4-11(13)16/h2-7H,1H3. The highest BCUT2D eigenvalue weighted by Gasteiger charge is 2.19. The summed E-state index contributed by atoms with van der Waals surface area (Å²) in [4.78, 5) is 12.4. The second-order valence-corrected chi connectivity index (χ2v) is 4.99. The molecule has 0 aliphatic rings. The Balaban J connectivity index is 2.51. The van der Waals surface area contributed by atoms with E-state index in [0.717, 1.165) is 0 Å². The Hall–Kier alpha value is -1.22. The van der Waals surface area contributed by atoms with Crippen LogP contribution < -0.4 is 4.74 Å². The Bertz CT molecular complexity index is 618. The number of hydrogen-bond donors (Lipinski definition) is 0. The van der Waals surface area contributed by atoms with E-state index in [0.29, 0.717) is 26.4 Å². The number of halogens is 3. The Labute approximate surface area is 125 Å². The Kier molecular flexibility index (Phi) is 4.35. The van der Waals surface area contributed by atoms with Crippen molar-refractivity contribution in [2.75, 3.05) is 7.11 Å². The number of carbonyl (C=O) groups excluding carboxylic acids is 1. The largest absolute Gasteiger partial charge is 0.497 e. The molecule has 2 rings (SSSR count). The van der Waals surface area contributed by atoms with Crippen LogP contribution in [0.4, 0.5) is 0 Å². The molecule has 5 heteroatoms. The second-order valence-electron chi connectivity index (χ2n) is 3.77. The minimum Gasteiger partial charge on any atom is -0.497 e. The molecule has 0 aromatic heterocycles. The van der Waals surface area contributed by atoms with Crippen LogP contribution in [-0.4, -0.2) is 12.9 Å². The van der Waals surface area contributed by atoms with Gasteiger partial charge in [-0.2, -0.15) is 0 Å². The van der Waals surface area contributed by atoms with E-state index >= 15 is 0 Å². The van der Waals surface area contributed by atoms with Crippen LogP contribution >= 0.6 is 34.8 Å². The van der Waals surface area contributed by atoms with Gasteiger partial charge in [-0.05, 0) is 30.3 Å². The predicted octanol–water partition coefficient (Wildman–Crippen LogP) is 4.89. The van der Waals surface area contributed by atoms with Gasteiger partial charge in [0.25, 0.3) is 0 Å². The molecule has 19 heavy (non-hydrogen) atoms. The summed E-state index contributed by atoms with van der Waals surface area (Å²) in [6.45, 7) is 0. The average molecular weight is 316 g/mol. The SMILES string of the molecule is COc1ccc(C(=O)c2c(Cl)cccc2Cl)c(Cl)c1. The Morgan fingerprint density at radius 3 is 2.16 bits per heavy atom. The van der Waals surface area contributed by atoms with Crippen LogP contribution in [0.2, 0.25) is 15.1 Å². The Morgan fingerprint density at radius 1 is 1.00 bits per heavy atom. The molecule has 0 saturated heterocycles. The summed E-state index contributed by atoms with van der Waals surface area (Å²) in [5.74, 6) is 0.259. The van der Waals surface area contributed by atoms with E-state index in [1.54, 1.807) is 36.4 Å². The van der Waals surface area contributed by atoms with Gasteiger partial charge in [-0.1, -0.05) is 40.9 Å². The first-order valence-corrected chi connectivity index (χ1v) is 6.50. The van der Waals surface area contributed by atoms with Crippen molar-refractivity contribution in [1.29, 1.82) is 0 Å². The lowest BCUT2D eigenvalue weighted by molar-refractivity contribution is 0.103. The van der Waals surface area contributed by atoms with Crippen LogP contribution in [0.15, 0.2) is 36.4 Å². The van der Waals surface area contributed by atoms with Crippen LogP contribution in [0.3, 0.4) is 0 Å². The smallest absolute Gasteiger partial charge is 0.197 e. The number of methoxy groups -OCH3 is 1. The molecule has 0 saturated carbocycles. The van der Waals surface area contributed by atoms with Crippen LogP contribution in [0, 0.1) is 0 Å². The van der Waals surface area contributed by atoms with E-state index in [4.69, 9.17) is 39.5 Å². The van der Waals surface area contributed by atoms with Gasteiger partial charge < -0.3 is 4.74 Å². The highest BCUT2D eigenvalue weighted by atomic mass is 35.5. The maximum absolute atomic E-state index is 12.4. The van der Waals surface area contributed by atoms with Crippen molar-refractivity contribution in [1.82, 2.24) is 0 Å². The fourth-order valence-electron chi connectivity index (χ4n) is 1.66. The van der Waals surface area contributed by atoms with Gasteiger partial charge in [0.15, 0.2) is 5.78 Å². The highest BCUT2D eigenvalue weighted by molar-refractivity contribution is 6.42. The summed E-state index contributed by atoms with van der Waals surface area (Å²) < 4.78 is 5.04. The monoisotopic (exact) mass is 314 g/mol. The van der Waals surface area contributed by atoms with Crippen LogP contribution in [0.25, 0.3) is 0 Å². The van der Waals surface area contributed by atoms with Gasteiger partial charge in [0.2, 0.25) is 0 Å². The molecule has 0 bridgehead atoms. The summed E-state index contributed by atoms with van der Waals surface area (Å²) in [6, 6.07) is 9.71. The lowest BCUT2D eigenvalue weighted by Gasteiger charge is -2.08. The van der Waals surface area contributed by atoms with Crippen molar-refractivity contribution in [3.05, 3.63) is 62.6 Å². The van der Waals surface area contributed by atoms with E-state index in [9.17, 15) is 4.79 Å². The van der Waals surface area contributed by atoms with Gasteiger partial charge in [-0.25, -0.2) is 0 Å². The van der Waals surface area contributed by atoms with E-state index in [-0.39, 0.29) is 11.3 Å². The summed E-state index contributed by atoms with van der Waals surface area (Å²) in [7, 11) is 1.53. The van der Waals surface area contributed by atoms with Gasteiger partial charge in [-0.3, -0.25) is 4.79 Å².